The van der Waals surface area contributed by atoms with Gasteiger partial charge in [-0.25, -0.2) is 4.98 Å². The molecule has 10 heteroatoms. The number of rotatable bonds is 9. The predicted molar refractivity (Wildman–Crippen MR) is 187 cm³/mol. The van der Waals surface area contributed by atoms with E-state index in [1.165, 1.54) is 0 Å². The van der Waals surface area contributed by atoms with E-state index in [1.807, 2.05) is 31.2 Å². The highest BCUT2D eigenvalue weighted by molar-refractivity contribution is 6.36. The zero-order valence-corrected chi connectivity index (χ0v) is 28.3. The first-order valence-electron chi connectivity index (χ1n) is 17.1. The van der Waals surface area contributed by atoms with Gasteiger partial charge in [0.1, 0.15) is 11.6 Å². The van der Waals surface area contributed by atoms with Crippen molar-refractivity contribution in [3.8, 4) is 28.7 Å². The van der Waals surface area contributed by atoms with Crippen LogP contribution in [0.5, 0.6) is 0 Å². The second-order valence-corrected chi connectivity index (χ2v) is 14.0. The molecule has 3 aliphatic rings. The summed E-state index contributed by atoms with van der Waals surface area (Å²) in [6.07, 6.45) is 4.41. The molecule has 9 nitrogen and oxygen atoms in total. The standard InChI is InChI=1S/C38H42ClN5O4/c1-3-44(28-18-29(45)19-28)27-11-14-43(15-12-27)34-9-5-8-32(35(34)39)30-6-4-7-31(23(30)2)37-41-33-17-24(16-26(20-40)36(33)48-37)21-42-13-10-25(22-42)38(46)47/h4-9,16-17,25,27-29,45H,3,10-15,18-19,21-22H2,1-2H3,(H,46,47). The summed E-state index contributed by atoms with van der Waals surface area (Å²) in [5, 5.41) is 29.9. The average Bonchev–Trinajstić information content (AvgIpc) is 3.72. The number of carboxylic acid groups (broad SMARTS) is 1. The van der Waals surface area contributed by atoms with Crippen LogP contribution in [-0.2, 0) is 11.3 Å². The van der Waals surface area contributed by atoms with E-state index in [-0.39, 0.29) is 12.0 Å². The van der Waals surface area contributed by atoms with Crippen molar-refractivity contribution in [1.82, 2.24) is 14.8 Å². The molecule has 2 N–H and O–H groups in total. The summed E-state index contributed by atoms with van der Waals surface area (Å²) >= 11 is 7.20. The maximum Gasteiger partial charge on any atom is 0.307 e. The van der Waals surface area contributed by atoms with Gasteiger partial charge in [0.15, 0.2) is 5.58 Å². The summed E-state index contributed by atoms with van der Waals surface area (Å²) in [6.45, 7) is 8.91. The first-order chi connectivity index (χ1) is 23.2. The summed E-state index contributed by atoms with van der Waals surface area (Å²) in [5.74, 6) is -0.675. The minimum atomic E-state index is -0.761. The Morgan fingerprint density at radius 2 is 1.79 bits per heavy atom. The third-order valence-corrected chi connectivity index (χ3v) is 11.1. The fourth-order valence-electron chi connectivity index (χ4n) is 8.03. The molecule has 4 aromatic rings. The van der Waals surface area contributed by atoms with Gasteiger partial charge in [-0.15, -0.1) is 0 Å². The lowest BCUT2D eigenvalue weighted by atomic mass is 9.86. The average molecular weight is 668 g/mol. The lowest BCUT2D eigenvalue weighted by Gasteiger charge is -2.47. The molecule has 48 heavy (non-hydrogen) atoms. The number of halogens is 1. The molecule has 1 unspecified atom stereocenters. The second-order valence-electron chi connectivity index (χ2n) is 13.6. The van der Waals surface area contributed by atoms with Crippen LogP contribution in [-0.4, -0.2) is 81.9 Å². The molecule has 2 saturated heterocycles. The number of carbonyl (C=O) groups is 1. The second kappa shape index (κ2) is 13.5. The third-order valence-electron chi connectivity index (χ3n) is 10.7. The van der Waals surface area contributed by atoms with Gasteiger partial charge >= 0.3 is 5.97 Å². The van der Waals surface area contributed by atoms with Gasteiger partial charge in [-0.3, -0.25) is 14.6 Å². The molecular weight excluding hydrogens is 626 g/mol. The Morgan fingerprint density at radius 3 is 2.48 bits per heavy atom. The number of aliphatic hydroxyl groups excluding tert-OH is 1. The van der Waals surface area contributed by atoms with E-state index in [4.69, 9.17) is 21.0 Å². The van der Waals surface area contributed by atoms with Gasteiger partial charge in [0.25, 0.3) is 0 Å². The molecule has 3 fully saturated rings. The summed E-state index contributed by atoms with van der Waals surface area (Å²) in [6, 6.07) is 19.3. The Kier molecular flexibility index (Phi) is 9.18. The number of nitriles is 1. The number of fused-ring (bicyclic) bond motifs is 1. The number of carboxylic acids is 1. The fraction of sp³-hybridized carbons (Fsp3) is 0.447. The Hall–Kier alpha value is -3.94. The Bertz CT molecular complexity index is 1870. The van der Waals surface area contributed by atoms with Crippen LogP contribution >= 0.6 is 11.6 Å². The highest BCUT2D eigenvalue weighted by Gasteiger charge is 2.36. The van der Waals surface area contributed by atoms with E-state index < -0.39 is 5.97 Å². The molecule has 0 spiro atoms. The van der Waals surface area contributed by atoms with E-state index in [0.717, 1.165) is 83.8 Å². The lowest BCUT2D eigenvalue weighted by molar-refractivity contribution is -0.141. The molecule has 0 bridgehead atoms. The molecule has 3 heterocycles. The molecule has 7 rings (SSSR count). The van der Waals surface area contributed by atoms with Crippen molar-refractivity contribution < 1.29 is 19.4 Å². The molecular formula is C38H42ClN5O4. The van der Waals surface area contributed by atoms with Crippen LogP contribution < -0.4 is 4.90 Å². The number of aliphatic carboxylic acids is 1. The fourth-order valence-corrected chi connectivity index (χ4v) is 8.38. The number of piperidine rings is 1. The smallest absolute Gasteiger partial charge is 0.307 e. The molecule has 0 amide bonds. The van der Waals surface area contributed by atoms with E-state index >= 15 is 0 Å². The van der Waals surface area contributed by atoms with Gasteiger partial charge in [-0.1, -0.05) is 42.8 Å². The van der Waals surface area contributed by atoms with E-state index in [9.17, 15) is 20.3 Å². The number of benzene rings is 3. The Labute approximate surface area is 286 Å². The van der Waals surface area contributed by atoms with Gasteiger partial charge in [0.05, 0.1) is 28.3 Å². The molecule has 1 aromatic heterocycles. The molecule has 0 radical (unpaired) electrons. The number of hydrogen-bond donors (Lipinski definition) is 2. The van der Waals surface area contributed by atoms with Gasteiger partial charge in [0.2, 0.25) is 5.89 Å². The molecule has 1 atom stereocenters. The van der Waals surface area contributed by atoms with Crippen molar-refractivity contribution in [3.05, 3.63) is 70.2 Å². The van der Waals surface area contributed by atoms with Crippen molar-refractivity contribution in [2.75, 3.05) is 37.6 Å². The minimum Gasteiger partial charge on any atom is -0.481 e. The highest BCUT2D eigenvalue weighted by atomic mass is 35.5. The Balaban J connectivity index is 1.12. The van der Waals surface area contributed by atoms with Crippen molar-refractivity contribution in [2.45, 2.75) is 70.7 Å². The zero-order chi connectivity index (χ0) is 33.5. The SMILES string of the molecule is CCN(C1CCN(c2cccc(-c3cccc(-c4nc5cc(CN6CCC(C(=O)O)C6)cc(C#N)c5o4)c3C)c2Cl)CC1)C1CC(O)C1. The summed E-state index contributed by atoms with van der Waals surface area (Å²) < 4.78 is 6.26. The maximum absolute atomic E-state index is 11.4. The van der Waals surface area contributed by atoms with E-state index in [2.05, 4.69) is 52.0 Å². The van der Waals surface area contributed by atoms with Crippen LogP contribution in [0.4, 0.5) is 5.69 Å². The summed E-state index contributed by atoms with van der Waals surface area (Å²) in [5.41, 5.74) is 7.19. The van der Waals surface area contributed by atoms with Gasteiger partial charge < -0.3 is 19.5 Å². The number of nitrogens with zero attached hydrogens (tertiary/aromatic N) is 5. The van der Waals surface area contributed by atoms with Gasteiger partial charge in [-0.2, -0.15) is 5.26 Å². The van der Waals surface area contributed by atoms with Gasteiger partial charge in [-0.05, 0) is 93.1 Å². The van der Waals surface area contributed by atoms with Crippen LogP contribution in [0.25, 0.3) is 33.7 Å². The number of hydrogen-bond acceptors (Lipinski definition) is 8. The topological polar surface area (TPSA) is 117 Å². The molecule has 1 saturated carbocycles. The van der Waals surface area contributed by atoms with Crippen LogP contribution in [0.2, 0.25) is 5.02 Å². The lowest BCUT2D eigenvalue weighted by Crippen LogP contribution is -2.54. The highest BCUT2D eigenvalue weighted by Crippen LogP contribution is 2.41. The Morgan fingerprint density at radius 1 is 1.06 bits per heavy atom. The van der Waals surface area contributed by atoms with Crippen LogP contribution in [0.15, 0.2) is 52.9 Å². The summed E-state index contributed by atoms with van der Waals surface area (Å²) in [4.78, 5) is 23.4. The summed E-state index contributed by atoms with van der Waals surface area (Å²) in [7, 11) is 0. The van der Waals surface area contributed by atoms with Crippen LogP contribution in [0.1, 0.15) is 55.7 Å². The van der Waals surface area contributed by atoms with Crippen LogP contribution in [0.3, 0.4) is 0 Å². The number of aliphatic hydroxyl groups is 1. The minimum absolute atomic E-state index is 0.139. The monoisotopic (exact) mass is 667 g/mol. The van der Waals surface area contributed by atoms with E-state index in [0.29, 0.717) is 60.7 Å². The van der Waals surface area contributed by atoms with Gasteiger partial charge in [0, 0.05) is 49.4 Å². The zero-order valence-electron chi connectivity index (χ0n) is 27.5. The third kappa shape index (κ3) is 6.19. The first-order valence-corrected chi connectivity index (χ1v) is 17.5. The number of anilines is 1. The molecule has 3 aromatic carbocycles. The predicted octanol–water partition coefficient (Wildman–Crippen LogP) is 6.72. The van der Waals surface area contributed by atoms with Crippen molar-refractivity contribution in [2.24, 2.45) is 5.92 Å². The van der Waals surface area contributed by atoms with Crippen molar-refractivity contribution in [3.63, 3.8) is 0 Å². The number of aromatic nitrogens is 1. The normalized spacial score (nSPS) is 21.9. The van der Waals surface area contributed by atoms with Crippen LogP contribution in [0, 0.1) is 24.2 Å². The first kappa shape index (κ1) is 32.6. The molecule has 2 aliphatic heterocycles. The van der Waals surface area contributed by atoms with Crippen molar-refractivity contribution >= 4 is 34.4 Å². The quantitative estimate of drug-likeness (QED) is 0.201. The number of likely N-dealkylation sites (tertiary alicyclic amines) is 1. The van der Waals surface area contributed by atoms with Crippen molar-refractivity contribution in [1.29, 1.82) is 5.26 Å². The molecule has 1 aliphatic carbocycles. The largest absolute Gasteiger partial charge is 0.481 e. The van der Waals surface area contributed by atoms with E-state index in [1.54, 1.807) is 0 Å². The number of oxazole rings is 1. The maximum atomic E-state index is 11.4. The molecule has 250 valence electrons.